The average Bonchev–Trinajstić information content (AvgIpc) is 3.08. The zero-order valence-electron chi connectivity index (χ0n) is 13.6. The third-order valence-electron chi connectivity index (χ3n) is 5.35. The first-order valence-corrected chi connectivity index (χ1v) is 8.66. The van der Waals surface area contributed by atoms with Gasteiger partial charge in [-0.05, 0) is 17.9 Å². The van der Waals surface area contributed by atoms with Crippen LogP contribution in [0.1, 0.15) is 18.9 Å². The number of carbonyl (C=O) groups excluding carboxylic acids is 1. The third kappa shape index (κ3) is 3.21. The molecule has 3 aliphatic rings. The summed E-state index contributed by atoms with van der Waals surface area (Å²) in [4.78, 5) is 16.8. The fraction of sp³-hybridized carbons (Fsp3) is 0.611. The molecular formula is C18H25N3O2. The predicted molar refractivity (Wildman–Crippen MR) is 88.1 cm³/mol. The van der Waals surface area contributed by atoms with Gasteiger partial charge in [0.25, 0.3) is 0 Å². The molecule has 0 unspecified atom stereocenters. The summed E-state index contributed by atoms with van der Waals surface area (Å²) in [5.41, 5.74) is 1.32. The molecule has 0 radical (unpaired) electrons. The van der Waals surface area contributed by atoms with Crippen LogP contribution in [0.3, 0.4) is 0 Å². The van der Waals surface area contributed by atoms with Crippen LogP contribution in [0.25, 0.3) is 0 Å². The van der Waals surface area contributed by atoms with E-state index in [1.54, 1.807) is 0 Å². The molecule has 2 aliphatic heterocycles. The Bertz CT molecular complexity index is 565. The molecule has 0 spiro atoms. The van der Waals surface area contributed by atoms with Crippen LogP contribution in [0.5, 0.6) is 0 Å². The molecule has 3 fully saturated rings. The Morgan fingerprint density at radius 1 is 1.30 bits per heavy atom. The van der Waals surface area contributed by atoms with Crippen molar-refractivity contribution < 1.29 is 9.53 Å². The SMILES string of the molecule is C[C@H]1C[C@H]1NC(=O)N1C[C@@H]2[C@@H](C1)OCCN2Cc1ccccc1. The fourth-order valence-corrected chi connectivity index (χ4v) is 3.71. The molecular weight excluding hydrogens is 290 g/mol. The van der Waals surface area contributed by atoms with Gasteiger partial charge in [0.15, 0.2) is 0 Å². The van der Waals surface area contributed by atoms with Gasteiger partial charge in [-0.2, -0.15) is 0 Å². The summed E-state index contributed by atoms with van der Waals surface area (Å²) in [7, 11) is 0. The highest BCUT2D eigenvalue weighted by molar-refractivity contribution is 5.75. The molecule has 2 heterocycles. The van der Waals surface area contributed by atoms with E-state index in [4.69, 9.17) is 4.74 Å². The van der Waals surface area contributed by atoms with Gasteiger partial charge >= 0.3 is 6.03 Å². The molecule has 0 bridgehead atoms. The van der Waals surface area contributed by atoms with E-state index in [0.29, 0.717) is 24.5 Å². The van der Waals surface area contributed by atoms with Gasteiger partial charge in [0.1, 0.15) is 0 Å². The van der Waals surface area contributed by atoms with E-state index >= 15 is 0 Å². The summed E-state index contributed by atoms with van der Waals surface area (Å²) in [6.45, 7) is 6.28. The van der Waals surface area contributed by atoms with Crippen LogP contribution in [0.2, 0.25) is 0 Å². The van der Waals surface area contributed by atoms with Crippen LogP contribution >= 0.6 is 0 Å². The Hall–Kier alpha value is -1.59. The molecule has 0 aromatic heterocycles. The predicted octanol–water partition coefficient (Wildman–Crippen LogP) is 1.69. The maximum atomic E-state index is 12.4. The number of ether oxygens (including phenoxy) is 1. The number of carbonyl (C=O) groups is 1. The van der Waals surface area contributed by atoms with Crippen molar-refractivity contribution in [1.82, 2.24) is 15.1 Å². The monoisotopic (exact) mass is 315 g/mol. The first-order valence-electron chi connectivity index (χ1n) is 8.66. The van der Waals surface area contributed by atoms with E-state index in [2.05, 4.69) is 41.4 Å². The molecule has 4 atom stereocenters. The number of nitrogens with one attached hydrogen (secondary N) is 1. The highest BCUT2D eigenvalue weighted by atomic mass is 16.5. The lowest BCUT2D eigenvalue weighted by Crippen LogP contribution is -2.50. The van der Waals surface area contributed by atoms with Gasteiger partial charge in [-0.15, -0.1) is 0 Å². The Balaban J connectivity index is 1.39. The molecule has 1 saturated carbocycles. The van der Waals surface area contributed by atoms with Crippen LogP contribution in [0, 0.1) is 5.92 Å². The highest BCUT2D eigenvalue weighted by Gasteiger charge is 2.43. The van der Waals surface area contributed by atoms with Gasteiger partial charge in [-0.3, -0.25) is 4.90 Å². The van der Waals surface area contributed by atoms with Gasteiger partial charge in [0, 0.05) is 25.7 Å². The lowest BCUT2D eigenvalue weighted by atomic mass is 10.1. The van der Waals surface area contributed by atoms with Crippen molar-refractivity contribution >= 4 is 6.03 Å². The highest BCUT2D eigenvalue weighted by Crippen LogP contribution is 2.30. The second-order valence-corrected chi connectivity index (χ2v) is 7.11. The van der Waals surface area contributed by atoms with Crippen LogP contribution in [-0.2, 0) is 11.3 Å². The Morgan fingerprint density at radius 2 is 2.09 bits per heavy atom. The van der Waals surface area contributed by atoms with E-state index in [9.17, 15) is 4.79 Å². The smallest absolute Gasteiger partial charge is 0.317 e. The summed E-state index contributed by atoms with van der Waals surface area (Å²) >= 11 is 0. The minimum Gasteiger partial charge on any atom is -0.373 e. The Morgan fingerprint density at radius 3 is 2.83 bits per heavy atom. The molecule has 124 valence electrons. The average molecular weight is 315 g/mol. The summed E-state index contributed by atoms with van der Waals surface area (Å²) in [6, 6.07) is 11.3. The van der Waals surface area contributed by atoms with Gasteiger partial charge < -0.3 is 15.0 Å². The number of nitrogens with zero attached hydrogens (tertiary/aromatic N) is 2. The number of hydrogen-bond donors (Lipinski definition) is 1. The van der Waals surface area contributed by atoms with Crippen LogP contribution in [0.15, 0.2) is 30.3 Å². The van der Waals surface area contributed by atoms with E-state index in [0.717, 1.165) is 32.7 Å². The summed E-state index contributed by atoms with van der Waals surface area (Å²) in [6.07, 6.45) is 1.26. The van der Waals surface area contributed by atoms with Gasteiger partial charge in [0.2, 0.25) is 0 Å². The van der Waals surface area contributed by atoms with Crippen LogP contribution in [-0.4, -0.2) is 60.3 Å². The zero-order chi connectivity index (χ0) is 15.8. The van der Waals surface area contributed by atoms with Crippen LogP contribution in [0.4, 0.5) is 4.79 Å². The van der Waals surface area contributed by atoms with Crippen molar-refractivity contribution in [2.45, 2.75) is 38.1 Å². The van der Waals surface area contributed by atoms with E-state index < -0.39 is 0 Å². The number of hydrogen-bond acceptors (Lipinski definition) is 3. The molecule has 1 N–H and O–H groups in total. The molecule has 5 heteroatoms. The van der Waals surface area contributed by atoms with Crippen molar-refractivity contribution in [3.05, 3.63) is 35.9 Å². The largest absolute Gasteiger partial charge is 0.373 e. The second kappa shape index (κ2) is 6.13. The van der Waals surface area contributed by atoms with E-state index in [1.165, 1.54) is 5.56 Å². The minimum absolute atomic E-state index is 0.0806. The number of fused-ring (bicyclic) bond motifs is 1. The summed E-state index contributed by atoms with van der Waals surface area (Å²) in [5, 5.41) is 3.13. The van der Waals surface area contributed by atoms with Crippen molar-refractivity contribution in [2.24, 2.45) is 5.92 Å². The topological polar surface area (TPSA) is 44.8 Å². The molecule has 1 aliphatic carbocycles. The minimum atomic E-state index is 0.0806. The molecule has 5 nitrogen and oxygen atoms in total. The maximum Gasteiger partial charge on any atom is 0.317 e. The third-order valence-corrected chi connectivity index (χ3v) is 5.35. The molecule has 4 rings (SSSR count). The number of rotatable bonds is 3. The van der Waals surface area contributed by atoms with E-state index in [1.807, 2.05) is 11.0 Å². The van der Waals surface area contributed by atoms with Gasteiger partial charge in [-0.1, -0.05) is 37.3 Å². The Kier molecular flexibility index (Phi) is 3.99. The normalized spacial score (nSPS) is 33.3. The van der Waals surface area contributed by atoms with Crippen molar-refractivity contribution in [2.75, 3.05) is 26.2 Å². The van der Waals surface area contributed by atoms with Crippen LogP contribution < -0.4 is 5.32 Å². The molecule has 23 heavy (non-hydrogen) atoms. The first kappa shape index (κ1) is 15.0. The van der Waals surface area contributed by atoms with Crippen molar-refractivity contribution in [1.29, 1.82) is 0 Å². The summed E-state index contributed by atoms with van der Waals surface area (Å²) < 4.78 is 5.93. The first-order chi connectivity index (χ1) is 11.2. The lowest BCUT2D eigenvalue weighted by Gasteiger charge is -2.36. The maximum absolute atomic E-state index is 12.4. The van der Waals surface area contributed by atoms with Gasteiger partial charge in [0.05, 0.1) is 25.3 Å². The molecule has 2 amide bonds. The number of urea groups is 1. The molecule has 2 saturated heterocycles. The fourth-order valence-electron chi connectivity index (χ4n) is 3.71. The van der Waals surface area contributed by atoms with E-state index in [-0.39, 0.29) is 12.1 Å². The second-order valence-electron chi connectivity index (χ2n) is 7.11. The zero-order valence-corrected chi connectivity index (χ0v) is 13.6. The Labute approximate surface area is 137 Å². The number of benzene rings is 1. The standard InChI is InChI=1S/C18H25N3O2/c1-13-9-15(13)19-18(22)21-11-16-17(12-21)23-8-7-20(16)10-14-5-3-2-4-6-14/h2-6,13,15-17H,7-12H2,1H3,(H,19,22)/t13-,15+,16+,17+/m0/s1. The number of likely N-dealkylation sites (tertiary alicyclic amines) is 1. The summed E-state index contributed by atoms with van der Waals surface area (Å²) in [5.74, 6) is 0.634. The number of amides is 2. The van der Waals surface area contributed by atoms with Crippen molar-refractivity contribution in [3.63, 3.8) is 0 Å². The van der Waals surface area contributed by atoms with Gasteiger partial charge in [-0.25, -0.2) is 4.79 Å². The molecule has 1 aromatic rings. The number of morpholine rings is 1. The van der Waals surface area contributed by atoms with Crippen molar-refractivity contribution in [3.8, 4) is 0 Å². The lowest BCUT2D eigenvalue weighted by molar-refractivity contribution is -0.0503. The quantitative estimate of drug-likeness (QED) is 0.923. The molecule has 1 aromatic carbocycles.